The Labute approximate surface area is 198 Å². The van der Waals surface area contributed by atoms with E-state index in [1.165, 1.54) is 23.1 Å². The van der Waals surface area contributed by atoms with E-state index in [1.807, 2.05) is 6.07 Å². The Kier molecular flexibility index (Phi) is 7.26. The van der Waals surface area contributed by atoms with Crippen LogP contribution in [0.25, 0.3) is 16.7 Å². The van der Waals surface area contributed by atoms with Gasteiger partial charge in [-0.15, -0.1) is 5.10 Å². The number of aromatic nitrogens is 5. The molecule has 0 aliphatic carbocycles. The first kappa shape index (κ1) is 23.5. The summed E-state index contributed by atoms with van der Waals surface area (Å²) in [4.78, 5) is 25.0. The van der Waals surface area contributed by atoms with Gasteiger partial charge in [0.2, 0.25) is 12.0 Å². The zero-order valence-electron chi connectivity index (χ0n) is 17.9. The third-order valence-corrected chi connectivity index (χ3v) is 5.01. The van der Waals surface area contributed by atoms with Crippen LogP contribution >= 0.6 is 11.6 Å². The van der Waals surface area contributed by atoms with E-state index in [4.69, 9.17) is 21.1 Å². The monoisotopic (exact) mass is 486 g/mol. The van der Waals surface area contributed by atoms with E-state index in [1.54, 1.807) is 31.3 Å². The predicted molar refractivity (Wildman–Crippen MR) is 121 cm³/mol. The molecule has 0 unspecified atom stereocenters. The van der Waals surface area contributed by atoms with Crippen molar-refractivity contribution < 1.29 is 23.8 Å². The number of carbonyl (C=O) groups is 1. The fourth-order valence-corrected chi connectivity index (χ4v) is 3.15. The number of rotatable bonds is 9. The highest BCUT2D eigenvalue weighted by molar-refractivity contribution is 6.32. The van der Waals surface area contributed by atoms with Crippen molar-refractivity contribution >= 4 is 34.4 Å². The summed E-state index contributed by atoms with van der Waals surface area (Å²) in [6.45, 7) is 1.21. The molecule has 12 heteroatoms. The maximum atomic E-state index is 13.1. The number of aliphatic hydroxyl groups is 1. The molecule has 4 rings (SSSR count). The first-order valence-corrected chi connectivity index (χ1v) is 10.6. The number of fused-ring (bicyclic) bond motifs is 1. The number of ether oxygens (including phenoxy) is 2. The van der Waals surface area contributed by atoms with E-state index in [2.05, 4.69) is 25.4 Å². The van der Waals surface area contributed by atoms with Crippen LogP contribution in [0.4, 0.5) is 10.2 Å². The van der Waals surface area contributed by atoms with E-state index in [-0.39, 0.29) is 24.9 Å². The van der Waals surface area contributed by atoms with Crippen molar-refractivity contribution in [2.45, 2.75) is 19.1 Å². The van der Waals surface area contributed by atoms with Gasteiger partial charge in [0.15, 0.2) is 5.65 Å². The molecule has 3 heterocycles. The van der Waals surface area contributed by atoms with Crippen LogP contribution in [0.15, 0.2) is 55.1 Å². The molecule has 0 saturated carbocycles. The highest BCUT2D eigenvalue weighted by atomic mass is 35.5. The lowest BCUT2D eigenvalue weighted by molar-refractivity contribution is -0.127. The van der Waals surface area contributed by atoms with Crippen molar-refractivity contribution in [2.75, 3.05) is 18.5 Å². The number of anilines is 1. The fourth-order valence-electron chi connectivity index (χ4n) is 2.93. The molecule has 1 amide bonds. The summed E-state index contributed by atoms with van der Waals surface area (Å²) >= 11 is 6.28. The largest absolute Gasteiger partial charge is 0.461 e. The van der Waals surface area contributed by atoms with Crippen LogP contribution < -0.4 is 10.1 Å². The van der Waals surface area contributed by atoms with E-state index in [0.29, 0.717) is 21.7 Å². The summed E-state index contributed by atoms with van der Waals surface area (Å²) in [5.41, 5.74) is 0.957. The van der Waals surface area contributed by atoms with Crippen molar-refractivity contribution in [2.24, 2.45) is 0 Å². The van der Waals surface area contributed by atoms with Gasteiger partial charge >= 0.3 is 0 Å². The molecule has 0 fully saturated rings. The maximum Gasteiger partial charge on any atom is 0.269 e. The number of halogens is 2. The lowest BCUT2D eigenvalue weighted by Crippen LogP contribution is -2.38. The van der Waals surface area contributed by atoms with Gasteiger partial charge in [0.1, 0.15) is 23.3 Å². The molecule has 0 saturated heterocycles. The Balaban J connectivity index is 1.61. The molecule has 3 aromatic heterocycles. The fraction of sp³-hybridized carbons (Fsp3) is 0.227. The van der Waals surface area contributed by atoms with Gasteiger partial charge in [-0.2, -0.15) is 0 Å². The predicted octanol–water partition coefficient (Wildman–Crippen LogP) is 2.79. The summed E-state index contributed by atoms with van der Waals surface area (Å²) in [5, 5.41) is 17.1. The molecule has 10 nitrogen and oxygen atoms in total. The Bertz CT molecular complexity index is 1290. The van der Waals surface area contributed by atoms with Gasteiger partial charge in [-0.1, -0.05) is 23.7 Å². The molecule has 2 N–H and O–H groups in total. The second-order valence-corrected chi connectivity index (χ2v) is 7.63. The lowest BCUT2D eigenvalue weighted by atomic mass is 10.3. The van der Waals surface area contributed by atoms with Gasteiger partial charge in [0.05, 0.1) is 36.2 Å². The number of hydrogen-bond donors (Lipinski definition) is 2. The number of aliphatic hydroxyl groups excluding tert-OH is 1. The van der Waals surface area contributed by atoms with E-state index < -0.39 is 23.9 Å². The molecule has 0 radical (unpaired) electrons. The standard InChI is InChI=1S/C22H20ClFN6O4/c1-13(10-31)33-11-18(21(32)28-19-7-6-14(24)8-25-19)34-22-15-9-30(29-20(15)26-12-27-22)17-5-3-2-4-16(17)23/h2-9,12-13,18,31H,10-11H2,1H3,(H,25,28,32)/t13-,18+/m1/s1. The average Bonchev–Trinajstić information content (AvgIpc) is 3.28. The second kappa shape index (κ2) is 10.5. The van der Waals surface area contributed by atoms with E-state index in [9.17, 15) is 14.3 Å². The van der Waals surface area contributed by atoms with Crippen LogP contribution in [-0.2, 0) is 9.53 Å². The van der Waals surface area contributed by atoms with Crippen molar-refractivity contribution in [1.82, 2.24) is 24.7 Å². The first-order valence-electron chi connectivity index (χ1n) is 10.2. The van der Waals surface area contributed by atoms with Gasteiger partial charge in [-0.25, -0.2) is 24.0 Å². The SMILES string of the molecule is C[C@H](CO)OC[C@H](Oc1ncnc2nn(-c3ccccc3Cl)cc12)C(=O)Nc1ccc(F)cn1. The molecular formula is C22H20ClFN6O4. The molecule has 1 aromatic carbocycles. The van der Waals surface area contributed by atoms with Gasteiger partial charge in [0.25, 0.3) is 5.91 Å². The summed E-state index contributed by atoms with van der Waals surface area (Å²) in [5.74, 6) is -0.912. The van der Waals surface area contributed by atoms with Gasteiger partial charge in [-0.3, -0.25) is 4.79 Å². The van der Waals surface area contributed by atoms with Crippen LogP contribution in [0.2, 0.25) is 5.02 Å². The minimum absolute atomic E-state index is 0.0933. The Morgan fingerprint density at radius 2 is 2.06 bits per heavy atom. The minimum atomic E-state index is -1.18. The number of pyridine rings is 1. The van der Waals surface area contributed by atoms with Crippen molar-refractivity contribution in [3.05, 3.63) is 66.0 Å². The summed E-state index contributed by atoms with van der Waals surface area (Å²) in [6, 6.07) is 9.63. The minimum Gasteiger partial charge on any atom is -0.461 e. The highest BCUT2D eigenvalue weighted by Gasteiger charge is 2.25. The molecule has 34 heavy (non-hydrogen) atoms. The smallest absolute Gasteiger partial charge is 0.269 e. The molecule has 0 aliphatic rings. The quantitative estimate of drug-likeness (QED) is 0.370. The van der Waals surface area contributed by atoms with E-state index in [0.717, 1.165) is 6.20 Å². The number of nitrogens with one attached hydrogen (secondary N) is 1. The highest BCUT2D eigenvalue weighted by Crippen LogP contribution is 2.26. The average molecular weight is 487 g/mol. The number of carbonyl (C=O) groups excluding carboxylic acids is 1. The topological polar surface area (TPSA) is 124 Å². The molecule has 0 spiro atoms. The van der Waals surface area contributed by atoms with Crippen molar-refractivity contribution in [3.8, 4) is 11.6 Å². The Hall–Kier alpha value is -3.67. The number of hydrogen-bond acceptors (Lipinski definition) is 8. The normalized spacial score (nSPS) is 12.9. The second-order valence-electron chi connectivity index (χ2n) is 7.23. The Morgan fingerprint density at radius 3 is 2.79 bits per heavy atom. The third-order valence-electron chi connectivity index (χ3n) is 4.69. The lowest BCUT2D eigenvalue weighted by Gasteiger charge is -2.20. The number of amides is 1. The number of benzene rings is 1. The van der Waals surface area contributed by atoms with Crippen molar-refractivity contribution in [1.29, 1.82) is 0 Å². The number of nitrogens with zero attached hydrogens (tertiary/aromatic N) is 5. The summed E-state index contributed by atoms with van der Waals surface area (Å²) in [7, 11) is 0. The van der Waals surface area contributed by atoms with Gasteiger partial charge in [-0.05, 0) is 31.2 Å². The maximum absolute atomic E-state index is 13.1. The summed E-state index contributed by atoms with van der Waals surface area (Å²) in [6.07, 6.45) is 2.17. The molecule has 0 bridgehead atoms. The van der Waals surface area contributed by atoms with Crippen molar-refractivity contribution in [3.63, 3.8) is 0 Å². The van der Waals surface area contributed by atoms with Crippen LogP contribution in [0.1, 0.15) is 6.92 Å². The molecule has 4 aromatic rings. The zero-order chi connectivity index (χ0) is 24.1. The molecule has 2 atom stereocenters. The molecule has 176 valence electrons. The van der Waals surface area contributed by atoms with Gasteiger partial charge < -0.3 is 19.9 Å². The molecular weight excluding hydrogens is 467 g/mol. The molecule has 0 aliphatic heterocycles. The summed E-state index contributed by atoms with van der Waals surface area (Å²) < 4.78 is 26.1. The van der Waals surface area contributed by atoms with Crippen LogP contribution in [0.3, 0.4) is 0 Å². The number of para-hydroxylation sites is 1. The van der Waals surface area contributed by atoms with E-state index >= 15 is 0 Å². The van der Waals surface area contributed by atoms with Crippen LogP contribution in [0, 0.1) is 5.82 Å². The van der Waals surface area contributed by atoms with Crippen LogP contribution in [-0.4, -0.2) is 61.2 Å². The zero-order valence-corrected chi connectivity index (χ0v) is 18.7. The Morgan fingerprint density at radius 1 is 1.24 bits per heavy atom. The first-order chi connectivity index (χ1) is 16.4. The van der Waals surface area contributed by atoms with Gasteiger partial charge in [0, 0.05) is 6.20 Å². The third kappa shape index (κ3) is 5.45. The van der Waals surface area contributed by atoms with Crippen LogP contribution in [0.5, 0.6) is 5.88 Å².